The molecule has 0 spiro atoms. The largest absolute Gasteiger partial charge is 0.508 e. The fourth-order valence-electron chi connectivity index (χ4n) is 1.50. The summed E-state index contributed by atoms with van der Waals surface area (Å²) < 4.78 is 13.5. The van der Waals surface area contributed by atoms with Crippen molar-refractivity contribution in [3.63, 3.8) is 0 Å². The molecule has 0 unspecified atom stereocenters. The highest BCUT2D eigenvalue weighted by molar-refractivity contribution is 5.77. The number of benzene rings is 1. The van der Waals surface area contributed by atoms with Gasteiger partial charge in [-0.2, -0.15) is 0 Å². The molecule has 0 radical (unpaired) electrons. The van der Waals surface area contributed by atoms with Crippen LogP contribution < -0.4 is 0 Å². The van der Waals surface area contributed by atoms with E-state index in [0.717, 1.165) is 6.07 Å². The second kappa shape index (κ2) is 5.32. The molecule has 0 fully saturated rings. The molecule has 1 aromatic carbocycles. The summed E-state index contributed by atoms with van der Waals surface area (Å²) in [7, 11) is 0. The number of ketones is 1. The van der Waals surface area contributed by atoms with Crippen LogP contribution in [-0.2, 0) is 4.79 Å². The van der Waals surface area contributed by atoms with Gasteiger partial charge in [0.25, 0.3) is 0 Å². The minimum absolute atomic E-state index is 0.0415. The van der Waals surface area contributed by atoms with Crippen LogP contribution in [-0.4, -0.2) is 10.9 Å². The van der Waals surface area contributed by atoms with Crippen molar-refractivity contribution in [3.8, 4) is 17.6 Å². The third-order valence-corrected chi connectivity index (χ3v) is 2.17. The second-order valence-corrected chi connectivity index (χ2v) is 3.56. The van der Waals surface area contributed by atoms with E-state index in [1.54, 1.807) is 6.92 Å². The summed E-state index contributed by atoms with van der Waals surface area (Å²) in [5.74, 6) is 4.33. The van der Waals surface area contributed by atoms with Gasteiger partial charge in [0.1, 0.15) is 17.3 Å². The van der Waals surface area contributed by atoms with Crippen LogP contribution in [0, 0.1) is 17.7 Å². The molecule has 0 saturated carbocycles. The van der Waals surface area contributed by atoms with Gasteiger partial charge in [0.2, 0.25) is 0 Å². The Hall–Kier alpha value is -1.82. The van der Waals surface area contributed by atoms with E-state index in [2.05, 4.69) is 11.8 Å². The van der Waals surface area contributed by atoms with Crippen LogP contribution in [0.3, 0.4) is 0 Å². The number of Topliss-reactive ketones (excluding diaryl/α,β-unsaturated/α-hetero) is 1. The van der Waals surface area contributed by atoms with Crippen molar-refractivity contribution < 1.29 is 14.3 Å². The molecule has 3 heteroatoms. The molecule has 0 aliphatic carbocycles. The third kappa shape index (κ3) is 3.09. The maximum atomic E-state index is 13.5. The summed E-state index contributed by atoms with van der Waals surface area (Å²) in [5, 5.41) is 9.09. The zero-order valence-electron chi connectivity index (χ0n) is 9.25. The van der Waals surface area contributed by atoms with Crippen LogP contribution in [0.1, 0.15) is 31.7 Å². The van der Waals surface area contributed by atoms with E-state index in [1.165, 1.54) is 19.1 Å². The molecule has 1 atom stereocenters. The van der Waals surface area contributed by atoms with Crippen molar-refractivity contribution in [1.29, 1.82) is 0 Å². The number of carbonyl (C=O) groups is 1. The molecule has 84 valence electrons. The minimum atomic E-state index is -0.533. The highest BCUT2D eigenvalue weighted by Crippen LogP contribution is 2.25. The first-order valence-corrected chi connectivity index (χ1v) is 4.94. The SMILES string of the molecule is CC#C[C@@H](CC(C)=O)c1ccc(O)cc1F. The zero-order valence-corrected chi connectivity index (χ0v) is 9.25. The van der Waals surface area contributed by atoms with Crippen molar-refractivity contribution in [2.75, 3.05) is 0 Å². The van der Waals surface area contributed by atoms with Crippen molar-refractivity contribution in [1.82, 2.24) is 0 Å². The Morgan fingerprint density at radius 3 is 2.75 bits per heavy atom. The summed E-state index contributed by atoms with van der Waals surface area (Å²) in [6.45, 7) is 3.09. The molecule has 0 aromatic heterocycles. The number of aromatic hydroxyl groups is 1. The predicted octanol–water partition coefficient (Wildman–Crippen LogP) is 2.62. The Bertz CT molecular complexity index is 455. The lowest BCUT2D eigenvalue weighted by molar-refractivity contribution is -0.117. The molecule has 16 heavy (non-hydrogen) atoms. The first-order chi connectivity index (χ1) is 7.54. The normalized spacial score (nSPS) is 11.4. The topological polar surface area (TPSA) is 37.3 Å². The molecule has 1 N–H and O–H groups in total. The third-order valence-electron chi connectivity index (χ3n) is 2.17. The van der Waals surface area contributed by atoms with Crippen molar-refractivity contribution >= 4 is 5.78 Å². The van der Waals surface area contributed by atoms with Gasteiger partial charge in [0, 0.05) is 18.1 Å². The summed E-state index contributed by atoms with van der Waals surface area (Å²) in [6.07, 6.45) is 0.183. The quantitative estimate of drug-likeness (QED) is 0.795. The van der Waals surface area contributed by atoms with E-state index in [9.17, 15) is 9.18 Å². The highest BCUT2D eigenvalue weighted by Gasteiger charge is 2.15. The number of phenols is 1. The standard InChI is InChI=1S/C13H13FO2/c1-3-4-10(7-9(2)15)12-6-5-11(16)8-13(12)14/h5-6,8,10,16H,7H2,1-2H3/t10-/m0/s1. The van der Waals surface area contributed by atoms with Crippen LogP contribution in [0.2, 0.25) is 0 Å². The summed E-state index contributed by atoms with van der Waals surface area (Å²) in [4.78, 5) is 11.0. The summed E-state index contributed by atoms with van der Waals surface area (Å²) >= 11 is 0. The minimum Gasteiger partial charge on any atom is -0.508 e. The van der Waals surface area contributed by atoms with E-state index in [-0.39, 0.29) is 18.0 Å². The first-order valence-electron chi connectivity index (χ1n) is 4.94. The maximum absolute atomic E-state index is 13.5. The first kappa shape index (κ1) is 12.3. The average molecular weight is 220 g/mol. The van der Waals surface area contributed by atoms with E-state index < -0.39 is 11.7 Å². The Kier molecular flexibility index (Phi) is 4.07. The van der Waals surface area contributed by atoms with Crippen molar-refractivity contribution in [2.24, 2.45) is 0 Å². The fraction of sp³-hybridized carbons (Fsp3) is 0.308. The van der Waals surface area contributed by atoms with Gasteiger partial charge >= 0.3 is 0 Å². The molecule has 0 heterocycles. The van der Waals surface area contributed by atoms with Gasteiger partial charge in [-0.05, 0) is 19.9 Å². The lowest BCUT2D eigenvalue weighted by Gasteiger charge is -2.10. The maximum Gasteiger partial charge on any atom is 0.131 e. The van der Waals surface area contributed by atoms with Gasteiger partial charge in [-0.1, -0.05) is 12.0 Å². The number of carbonyl (C=O) groups excluding carboxylic acids is 1. The Balaban J connectivity index is 3.08. The van der Waals surface area contributed by atoms with Gasteiger partial charge in [-0.3, -0.25) is 4.79 Å². The van der Waals surface area contributed by atoms with Gasteiger partial charge in [0.05, 0.1) is 5.92 Å². The smallest absolute Gasteiger partial charge is 0.131 e. The summed E-state index contributed by atoms with van der Waals surface area (Å²) in [5.41, 5.74) is 0.349. The molecule has 0 bridgehead atoms. The second-order valence-electron chi connectivity index (χ2n) is 3.56. The van der Waals surface area contributed by atoms with E-state index in [4.69, 9.17) is 5.11 Å². The highest BCUT2D eigenvalue weighted by atomic mass is 19.1. The molecule has 0 aliphatic rings. The van der Waals surface area contributed by atoms with Gasteiger partial charge in [-0.15, -0.1) is 5.92 Å². The number of rotatable bonds is 3. The molecular weight excluding hydrogens is 207 g/mol. The van der Waals surface area contributed by atoms with Crippen LogP contribution in [0.5, 0.6) is 5.75 Å². The fourth-order valence-corrected chi connectivity index (χ4v) is 1.50. The number of halogens is 1. The monoisotopic (exact) mass is 220 g/mol. The van der Waals surface area contributed by atoms with E-state index >= 15 is 0 Å². The number of hydrogen-bond donors (Lipinski definition) is 1. The molecule has 0 saturated heterocycles. The van der Waals surface area contributed by atoms with Crippen LogP contribution >= 0.6 is 0 Å². The van der Waals surface area contributed by atoms with Crippen LogP contribution in [0.15, 0.2) is 18.2 Å². The molecule has 2 nitrogen and oxygen atoms in total. The van der Waals surface area contributed by atoms with E-state index in [0.29, 0.717) is 5.56 Å². The van der Waals surface area contributed by atoms with Crippen molar-refractivity contribution in [3.05, 3.63) is 29.6 Å². The Labute approximate surface area is 94.1 Å². The lowest BCUT2D eigenvalue weighted by Crippen LogP contribution is -2.04. The van der Waals surface area contributed by atoms with Crippen LogP contribution in [0.4, 0.5) is 4.39 Å². The molecule has 0 aliphatic heterocycles. The van der Waals surface area contributed by atoms with Gasteiger partial charge in [0.15, 0.2) is 0 Å². The Morgan fingerprint density at radius 2 is 2.25 bits per heavy atom. The summed E-state index contributed by atoms with van der Waals surface area (Å²) in [6, 6.07) is 3.88. The average Bonchev–Trinajstić information content (AvgIpc) is 2.16. The van der Waals surface area contributed by atoms with Gasteiger partial charge < -0.3 is 5.11 Å². The van der Waals surface area contributed by atoms with E-state index in [1.807, 2.05) is 0 Å². The molecule has 1 rings (SSSR count). The zero-order chi connectivity index (χ0) is 12.1. The van der Waals surface area contributed by atoms with Gasteiger partial charge in [-0.25, -0.2) is 4.39 Å². The van der Waals surface area contributed by atoms with Crippen LogP contribution in [0.25, 0.3) is 0 Å². The van der Waals surface area contributed by atoms with Crippen molar-refractivity contribution in [2.45, 2.75) is 26.2 Å². The molecule has 1 aromatic rings. The Morgan fingerprint density at radius 1 is 1.56 bits per heavy atom. The molecule has 0 amide bonds. The molecular formula is C13H13FO2. The predicted molar refractivity (Wildman–Crippen MR) is 59.6 cm³/mol. The number of phenolic OH excluding ortho intramolecular Hbond substituents is 1. The lowest BCUT2D eigenvalue weighted by atomic mass is 9.94. The number of hydrogen-bond acceptors (Lipinski definition) is 2.